The molecule has 2 aromatic rings. The number of rotatable bonds is 13. The molecular formula is C25H31N3O3. The third kappa shape index (κ3) is 8.93. The van der Waals surface area contributed by atoms with Gasteiger partial charge in [-0.15, -0.1) is 0 Å². The van der Waals surface area contributed by atoms with Crippen molar-refractivity contribution >= 4 is 12.0 Å². The molecular weight excluding hydrogens is 390 g/mol. The molecule has 2 aromatic carbocycles. The third-order valence-corrected chi connectivity index (χ3v) is 4.75. The molecule has 6 heteroatoms. The highest BCUT2D eigenvalue weighted by Gasteiger charge is 2.04. The molecule has 0 saturated heterocycles. The summed E-state index contributed by atoms with van der Waals surface area (Å²) in [5, 5.41) is 15.2. The van der Waals surface area contributed by atoms with Gasteiger partial charge in [0.2, 0.25) is 5.91 Å². The largest absolute Gasteiger partial charge is 0.493 e. The maximum absolute atomic E-state index is 11.9. The Hall–Kier alpha value is -3.30. The molecule has 0 aliphatic heterocycles. The quantitative estimate of drug-likeness (QED) is 0.482. The van der Waals surface area contributed by atoms with Crippen LogP contribution in [0.5, 0.6) is 11.5 Å². The van der Waals surface area contributed by atoms with Crippen molar-refractivity contribution in [3.8, 4) is 17.6 Å². The second kappa shape index (κ2) is 13.8. The summed E-state index contributed by atoms with van der Waals surface area (Å²) < 4.78 is 10.6. The molecule has 0 bridgehead atoms. The van der Waals surface area contributed by atoms with Crippen LogP contribution >= 0.6 is 0 Å². The number of hydrogen-bond acceptors (Lipinski definition) is 5. The number of benzene rings is 2. The van der Waals surface area contributed by atoms with Crippen molar-refractivity contribution in [2.45, 2.75) is 25.7 Å². The Bertz CT molecular complexity index is 903. The van der Waals surface area contributed by atoms with Crippen LogP contribution in [0.25, 0.3) is 6.08 Å². The fourth-order valence-corrected chi connectivity index (χ4v) is 3.11. The SMILES string of the molecule is COc1ccc(CCCNCCCNC(=O)C/C=C/c2cccc(C#N)c2)cc1OC. The molecule has 0 atom stereocenters. The summed E-state index contributed by atoms with van der Waals surface area (Å²) in [6.07, 6.45) is 6.89. The van der Waals surface area contributed by atoms with Crippen molar-refractivity contribution in [3.63, 3.8) is 0 Å². The fourth-order valence-electron chi connectivity index (χ4n) is 3.11. The number of ether oxygens (including phenoxy) is 2. The van der Waals surface area contributed by atoms with E-state index in [1.807, 2.05) is 36.4 Å². The predicted octanol–water partition coefficient (Wildman–Crippen LogP) is 3.71. The van der Waals surface area contributed by atoms with Gasteiger partial charge in [-0.2, -0.15) is 5.26 Å². The third-order valence-electron chi connectivity index (χ3n) is 4.75. The summed E-state index contributed by atoms with van der Waals surface area (Å²) in [5.41, 5.74) is 2.76. The Morgan fingerprint density at radius 1 is 1.03 bits per heavy atom. The first-order valence-electron chi connectivity index (χ1n) is 10.5. The van der Waals surface area contributed by atoms with Crippen LogP contribution in [0.4, 0.5) is 0 Å². The van der Waals surface area contributed by atoms with E-state index < -0.39 is 0 Å². The lowest BCUT2D eigenvalue weighted by Crippen LogP contribution is -2.27. The molecule has 0 spiro atoms. The summed E-state index contributed by atoms with van der Waals surface area (Å²) in [5.74, 6) is 1.51. The number of aryl methyl sites for hydroxylation is 1. The van der Waals surface area contributed by atoms with Crippen LogP contribution in [0.2, 0.25) is 0 Å². The average molecular weight is 422 g/mol. The summed E-state index contributed by atoms with van der Waals surface area (Å²) in [6.45, 7) is 2.44. The molecule has 164 valence electrons. The standard InChI is InChI=1S/C25H31N3O3/c1-30-23-13-12-21(18-24(23)31-2)10-5-14-27-15-6-16-28-25(29)11-4-8-20-7-3-9-22(17-20)19-26/h3-4,7-9,12-13,17-18,27H,5-6,10-11,14-16H2,1-2H3,(H,28,29)/b8-4+. The zero-order valence-electron chi connectivity index (χ0n) is 18.3. The van der Waals surface area contributed by atoms with Gasteiger partial charge >= 0.3 is 0 Å². The average Bonchev–Trinajstić information content (AvgIpc) is 2.80. The molecule has 0 aromatic heterocycles. The highest BCUT2D eigenvalue weighted by atomic mass is 16.5. The maximum atomic E-state index is 11.9. The van der Waals surface area contributed by atoms with E-state index in [-0.39, 0.29) is 5.91 Å². The number of amides is 1. The highest BCUT2D eigenvalue weighted by Crippen LogP contribution is 2.27. The summed E-state index contributed by atoms with van der Waals surface area (Å²) in [4.78, 5) is 11.9. The van der Waals surface area contributed by atoms with Gasteiger partial charge in [0.15, 0.2) is 11.5 Å². The van der Waals surface area contributed by atoms with Crippen molar-refractivity contribution < 1.29 is 14.3 Å². The molecule has 0 heterocycles. The van der Waals surface area contributed by atoms with E-state index in [2.05, 4.69) is 22.8 Å². The first-order chi connectivity index (χ1) is 15.2. The molecule has 0 saturated carbocycles. The lowest BCUT2D eigenvalue weighted by atomic mass is 10.1. The van der Waals surface area contributed by atoms with E-state index >= 15 is 0 Å². The minimum Gasteiger partial charge on any atom is -0.493 e. The number of nitrogens with zero attached hydrogens (tertiary/aromatic N) is 1. The molecule has 2 rings (SSSR count). The molecule has 2 N–H and O–H groups in total. The topological polar surface area (TPSA) is 83.4 Å². The number of methoxy groups -OCH3 is 2. The van der Waals surface area contributed by atoms with Gasteiger partial charge in [0.1, 0.15) is 0 Å². The number of nitriles is 1. The van der Waals surface area contributed by atoms with Crippen LogP contribution in [0.15, 0.2) is 48.5 Å². The van der Waals surface area contributed by atoms with E-state index in [0.29, 0.717) is 18.5 Å². The Labute approximate surface area is 184 Å². The minimum absolute atomic E-state index is 0.00106. The van der Waals surface area contributed by atoms with Gasteiger partial charge in [-0.3, -0.25) is 4.79 Å². The Balaban J connectivity index is 1.52. The van der Waals surface area contributed by atoms with E-state index in [4.69, 9.17) is 14.7 Å². The van der Waals surface area contributed by atoms with Crippen LogP contribution in [0.3, 0.4) is 0 Å². The van der Waals surface area contributed by atoms with Gasteiger partial charge in [0.05, 0.1) is 25.9 Å². The highest BCUT2D eigenvalue weighted by molar-refractivity contribution is 5.78. The molecule has 0 aliphatic rings. The number of hydrogen-bond donors (Lipinski definition) is 2. The number of nitrogens with one attached hydrogen (secondary N) is 2. The zero-order chi connectivity index (χ0) is 22.3. The minimum atomic E-state index is 0.00106. The van der Waals surface area contributed by atoms with E-state index in [0.717, 1.165) is 49.4 Å². The first-order valence-corrected chi connectivity index (χ1v) is 10.5. The molecule has 0 radical (unpaired) electrons. The van der Waals surface area contributed by atoms with Gasteiger partial charge in [0.25, 0.3) is 0 Å². The summed E-state index contributed by atoms with van der Waals surface area (Å²) >= 11 is 0. The van der Waals surface area contributed by atoms with E-state index in [1.165, 1.54) is 5.56 Å². The lowest BCUT2D eigenvalue weighted by Gasteiger charge is -2.10. The second-order valence-corrected chi connectivity index (χ2v) is 7.09. The second-order valence-electron chi connectivity index (χ2n) is 7.09. The normalized spacial score (nSPS) is 10.6. The molecule has 0 unspecified atom stereocenters. The summed E-state index contributed by atoms with van der Waals surface area (Å²) in [7, 11) is 3.28. The van der Waals surface area contributed by atoms with Crippen LogP contribution in [0, 0.1) is 11.3 Å². The maximum Gasteiger partial charge on any atom is 0.223 e. The van der Waals surface area contributed by atoms with Crippen LogP contribution in [-0.4, -0.2) is 39.8 Å². The molecule has 6 nitrogen and oxygen atoms in total. The van der Waals surface area contributed by atoms with Crippen molar-refractivity contribution in [2.75, 3.05) is 33.9 Å². The van der Waals surface area contributed by atoms with Crippen LogP contribution < -0.4 is 20.1 Å². The van der Waals surface area contributed by atoms with Crippen molar-refractivity contribution in [3.05, 3.63) is 65.2 Å². The first kappa shape index (κ1) is 24.0. The molecule has 31 heavy (non-hydrogen) atoms. The molecule has 0 aliphatic carbocycles. The van der Waals surface area contributed by atoms with Crippen molar-refractivity contribution in [1.29, 1.82) is 5.26 Å². The van der Waals surface area contributed by atoms with Gasteiger partial charge in [0, 0.05) is 13.0 Å². The Morgan fingerprint density at radius 3 is 2.61 bits per heavy atom. The Morgan fingerprint density at radius 2 is 1.84 bits per heavy atom. The van der Waals surface area contributed by atoms with E-state index in [9.17, 15) is 4.79 Å². The smallest absolute Gasteiger partial charge is 0.223 e. The monoisotopic (exact) mass is 421 g/mol. The number of carbonyl (C=O) groups excluding carboxylic acids is 1. The lowest BCUT2D eigenvalue weighted by molar-refractivity contribution is -0.120. The molecule has 0 fully saturated rings. The Kier molecular flexibility index (Phi) is 10.7. The fraction of sp³-hybridized carbons (Fsp3) is 0.360. The number of carbonyl (C=O) groups is 1. The predicted molar refractivity (Wildman–Crippen MR) is 123 cm³/mol. The van der Waals surface area contributed by atoms with Crippen molar-refractivity contribution in [2.24, 2.45) is 0 Å². The van der Waals surface area contributed by atoms with Gasteiger partial charge < -0.3 is 20.1 Å². The van der Waals surface area contributed by atoms with Crippen LogP contribution in [0.1, 0.15) is 36.0 Å². The van der Waals surface area contributed by atoms with Crippen molar-refractivity contribution in [1.82, 2.24) is 10.6 Å². The van der Waals surface area contributed by atoms with Gasteiger partial charge in [-0.1, -0.05) is 30.4 Å². The molecule has 1 amide bonds. The van der Waals surface area contributed by atoms with E-state index in [1.54, 1.807) is 26.4 Å². The van der Waals surface area contributed by atoms with Crippen LogP contribution in [-0.2, 0) is 11.2 Å². The zero-order valence-corrected chi connectivity index (χ0v) is 18.3. The summed E-state index contributed by atoms with van der Waals surface area (Å²) in [6, 6.07) is 15.4. The van der Waals surface area contributed by atoms with Gasteiger partial charge in [-0.25, -0.2) is 0 Å². The van der Waals surface area contributed by atoms with Gasteiger partial charge in [-0.05, 0) is 67.7 Å².